The topological polar surface area (TPSA) is 88.1 Å². The van der Waals surface area contributed by atoms with E-state index in [0.29, 0.717) is 44.9 Å². The van der Waals surface area contributed by atoms with Gasteiger partial charge in [-0.05, 0) is 67.9 Å². The molecule has 0 N–H and O–H groups in total. The molecule has 4 spiro atoms. The number of allylic oxidation sites excluding steroid dienone is 4. The number of carbonyl (C=O) groups is 3. The Balaban J connectivity index is 1.35. The van der Waals surface area contributed by atoms with E-state index in [4.69, 9.17) is 18.9 Å². The molecular weight excluding hydrogens is 448 g/mol. The van der Waals surface area contributed by atoms with Gasteiger partial charge in [0.1, 0.15) is 17.3 Å². The average Bonchev–Trinajstić information content (AvgIpc) is 3.33. The van der Waals surface area contributed by atoms with Crippen molar-refractivity contribution in [3.05, 3.63) is 48.6 Å². The van der Waals surface area contributed by atoms with Crippen LogP contribution in [-0.4, -0.2) is 46.4 Å². The van der Waals surface area contributed by atoms with Crippen LogP contribution in [-0.2, 0) is 33.3 Å². The van der Waals surface area contributed by atoms with E-state index in [9.17, 15) is 14.4 Å². The number of carbonyl (C=O) groups excluding carboxylic acids is 3. The predicted molar refractivity (Wildman–Crippen MR) is 127 cm³/mol. The maximum atomic E-state index is 12.7. The monoisotopic (exact) mass is 482 g/mol. The maximum absolute atomic E-state index is 12.7. The van der Waals surface area contributed by atoms with Crippen LogP contribution in [0, 0.1) is 0 Å². The van der Waals surface area contributed by atoms with Gasteiger partial charge in [-0.3, -0.25) is 14.4 Å². The molecule has 0 radical (unpaired) electrons. The first-order valence-electron chi connectivity index (χ1n) is 12.9. The molecule has 7 heteroatoms. The van der Waals surface area contributed by atoms with Gasteiger partial charge in [-0.15, -0.1) is 0 Å². The number of rotatable bonds is 6. The number of ether oxygens (including phenoxy) is 4. The minimum Gasteiger partial charge on any atom is -0.462 e. The molecule has 35 heavy (non-hydrogen) atoms. The van der Waals surface area contributed by atoms with Crippen molar-refractivity contribution in [2.45, 2.75) is 106 Å². The van der Waals surface area contributed by atoms with Crippen LogP contribution in [0.15, 0.2) is 48.6 Å². The Labute approximate surface area is 206 Å². The first-order chi connectivity index (χ1) is 16.8. The molecule has 0 bridgehead atoms. The highest BCUT2D eigenvalue weighted by atomic mass is 16.8. The van der Waals surface area contributed by atoms with Crippen molar-refractivity contribution in [1.82, 2.24) is 0 Å². The third kappa shape index (κ3) is 5.13. The van der Waals surface area contributed by atoms with E-state index in [0.717, 1.165) is 25.7 Å². The van der Waals surface area contributed by atoms with E-state index < -0.39 is 28.9 Å². The molecule has 5 rings (SSSR count). The molecule has 3 heterocycles. The van der Waals surface area contributed by atoms with Crippen molar-refractivity contribution in [1.29, 1.82) is 0 Å². The Hall–Kier alpha value is -2.35. The van der Waals surface area contributed by atoms with Crippen molar-refractivity contribution in [2.75, 3.05) is 0 Å². The van der Waals surface area contributed by atoms with Crippen LogP contribution in [0.2, 0.25) is 0 Å². The van der Waals surface area contributed by atoms with Crippen molar-refractivity contribution >= 4 is 17.5 Å². The first-order valence-corrected chi connectivity index (χ1v) is 12.9. The zero-order valence-electron chi connectivity index (χ0n) is 20.3. The lowest BCUT2D eigenvalue weighted by Gasteiger charge is -2.48. The van der Waals surface area contributed by atoms with Gasteiger partial charge in [0.25, 0.3) is 0 Å². The van der Waals surface area contributed by atoms with Crippen LogP contribution in [0.3, 0.4) is 0 Å². The van der Waals surface area contributed by atoms with Gasteiger partial charge in [0.05, 0.1) is 0 Å². The molecule has 3 fully saturated rings. The van der Waals surface area contributed by atoms with Crippen molar-refractivity contribution in [3.8, 4) is 0 Å². The van der Waals surface area contributed by atoms with Crippen molar-refractivity contribution in [2.24, 2.45) is 0 Å². The summed E-state index contributed by atoms with van der Waals surface area (Å²) in [4.78, 5) is 36.1. The Kier molecular flexibility index (Phi) is 6.45. The number of hydrogen-bond donors (Lipinski definition) is 0. The molecular formula is C28H34O7. The zero-order chi connectivity index (χ0) is 24.6. The Morgan fingerprint density at radius 3 is 1.80 bits per heavy atom. The van der Waals surface area contributed by atoms with Gasteiger partial charge >= 0.3 is 5.97 Å². The number of esters is 1. The van der Waals surface area contributed by atoms with E-state index in [1.165, 1.54) is 24.3 Å². The molecule has 0 saturated carbocycles. The van der Waals surface area contributed by atoms with E-state index in [-0.39, 0.29) is 17.5 Å². The minimum absolute atomic E-state index is 0.0671. The van der Waals surface area contributed by atoms with Crippen LogP contribution >= 0.6 is 0 Å². The standard InChI is InChI=1S/C28H34O7/c1-2-3-4-5-6-24(31)32-23-19-27(17-15-25(33-27)11-7-21(29)8-12-25)35-28(20-23)18-16-26(34-28)13-9-22(30)10-14-26/h7-14,23H,2-6,15-20H2,1H3/t23?,27-,28+. The van der Waals surface area contributed by atoms with Crippen LogP contribution in [0.1, 0.15) is 77.6 Å². The summed E-state index contributed by atoms with van der Waals surface area (Å²) in [5.41, 5.74) is -1.43. The molecule has 0 aromatic rings. The fourth-order valence-electron chi connectivity index (χ4n) is 5.90. The Bertz CT molecular complexity index is 907. The van der Waals surface area contributed by atoms with Gasteiger partial charge in [0.2, 0.25) is 0 Å². The molecule has 1 unspecified atom stereocenters. The van der Waals surface area contributed by atoms with Gasteiger partial charge in [-0.25, -0.2) is 0 Å². The lowest BCUT2D eigenvalue weighted by atomic mass is 9.89. The number of ketones is 2. The second-order valence-corrected chi connectivity index (χ2v) is 10.5. The van der Waals surface area contributed by atoms with E-state index in [1.807, 2.05) is 0 Å². The second-order valence-electron chi connectivity index (χ2n) is 10.5. The van der Waals surface area contributed by atoms with Crippen molar-refractivity contribution in [3.63, 3.8) is 0 Å². The second kappa shape index (κ2) is 9.26. The van der Waals surface area contributed by atoms with E-state index in [2.05, 4.69) is 6.92 Å². The largest absolute Gasteiger partial charge is 0.462 e. The highest BCUT2D eigenvalue weighted by Gasteiger charge is 2.61. The average molecular weight is 483 g/mol. The van der Waals surface area contributed by atoms with Gasteiger partial charge in [0, 0.05) is 32.1 Å². The van der Waals surface area contributed by atoms with Gasteiger partial charge in [-0.1, -0.05) is 26.2 Å². The lowest BCUT2D eigenvalue weighted by Crippen LogP contribution is -2.55. The molecule has 7 nitrogen and oxygen atoms in total. The first kappa shape index (κ1) is 24.3. The number of hydrogen-bond acceptors (Lipinski definition) is 7. The fraction of sp³-hybridized carbons (Fsp3) is 0.607. The minimum atomic E-state index is -0.996. The lowest BCUT2D eigenvalue weighted by molar-refractivity contribution is -0.386. The van der Waals surface area contributed by atoms with Crippen molar-refractivity contribution < 1.29 is 33.3 Å². The summed E-state index contributed by atoms with van der Waals surface area (Å²) in [5, 5.41) is 0. The van der Waals surface area contributed by atoms with Crippen LogP contribution < -0.4 is 0 Å². The normalized spacial score (nSPS) is 34.1. The molecule has 3 saturated heterocycles. The Morgan fingerprint density at radius 2 is 1.31 bits per heavy atom. The summed E-state index contributed by atoms with van der Waals surface area (Å²) in [5.74, 6) is -2.33. The number of unbranched alkanes of at least 4 members (excludes halogenated alkanes) is 3. The quantitative estimate of drug-likeness (QED) is 0.405. The van der Waals surface area contributed by atoms with Gasteiger partial charge < -0.3 is 18.9 Å². The summed E-state index contributed by atoms with van der Waals surface area (Å²) in [6, 6.07) is 0. The summed E-state index contributed by atoms with van der Waals surface area (Å²) in [7, 11) is 0. The molecule has 0 aromatic heterocycles. The Morgan fingerprint density at radius 1 is 0.800 bits per heavy atom. The molecule has 0 aromatic carbocycles. The van der Waals surface area contributed by atoms with Crippen LogP contribution in [0.5, 0.6) is 0 Å². The molecule has 2 aliphatic carbocycles. The molecule has 188 valence electrons. The van der Waals surface area contributed by atoms with Gasteiger partial charge in [0.15, 0.2) is 23.1 Å². The highest BCUT2D eigenvalue weighted by molar-refractivity contribution is 6.01. The van der Waals surface area contributed by atoms with E-state index >= 15 is 0 Å². The third-order valence-corrected chi connectivity index (χ3v) is 7.65. The summed E-state index contributed by atoms with van der Waals surface area (Å²) < 4.78 is 25.8. The van der Waals surface area contributed by atoms with Gasteiger partial charge in [-0.2, -0.15) is 0 Å². The fourth-order valence-corrected chi connectivity index (χ4v) is 5.90. The highest BCUT2D eigenvalue weighted by Crippen LogP contribution is 2.55. The summed E-state index contributed by atoms with van der Waals surface area (Å²) in [6.07, 6.45) is 20.6. The molecule has 5 aliphatic rings. The van der Waals surface area contributed by atoms with Crippen LogP contribution in [0.25, 0.3) is 0 Å². The van der Waals surface area contributed by atoms with Crippen LogP contribution in [0.4, 0.5) is 0 Å². The predicted octanol–water partition coefficient (Wildman–Crippen LogP) is 4.56. The zero-order valence-corrected chi connectivity index (χ0v) is 20.3. The smallest absolute Gasteiger partial charge is 0.306 e. The molecule has 3 aliphatic heterocycles. The SMILES string of the molecule is CCCCCCC(=O)OC1C[C@]2(CCC3(C=CC(=O)C=C3)O2)O[C@]2(CCC3(C=CC(=O)C=C3)O2)C1. The summed E-state index contributed by atoms with van der Waals surface area (Å²) in [6.45, 7) is 2.14. The third-order valence-electron chi connectivity index (χ3n) is 7.65. The maximum Gasteiger partial charge on any atom is 0.306 e. The summed E-state index contributed by atoms with van der Waals surface area (Å²) >= 11 is 0. The molecule has 3 atom stereocenters. The molecule has 0 amide bonds. The van der Waals surface area contributed by atoms with E-state index in [1.54, 1.807) is 24.3 Å².